The normalized spacial score (nSPS) is 11.4. The lowest BCUT2D eigenvalue weighted by atomic mass is 9.92. The van der Waals surface area contributed by atoms with Gasteiger partial charge >= 0.3 is 0 Å². The van der Waals surface area contributed by atoms with Gasteiger partial charge in [-0.1, -0.05) is 170 Å². The molecule has 10 aromatic rings. The quantitative estimate of drug-likeness (QED) is 0.176. The highest BCUT2D eigenvalue weighted by Crippen LogP contribution is 2.39. The van der Waals surface area contributed by atoms with E-state index in [4.69, 9.17) is 9.97 Å². The van der Waals surface area contributed by atoms with Gasteiger partial charge in [-0.2, -0.15) is 0 Å². The van der Waals surface area contributed by atoms with Crippen LogP contribution in [0.25, 0.3) is 94.4 Å². The summed E-state index contributed by atoms with van der Waals surface area (Å²) in [6.07, 6.45) is 0. The van der Waals surface area contributed by atoms with Crippen molar-refractivity contribution in [3.63, 3.8) is 0 Å². The summed E-state index contributed by atoms with van der Waals surface area (Å²) in [7, 11) is 0. The van der Waals surface area contributed by atoms with E-state index in [-0.39, 0.29) is 0 Å². The third-order valence-corrected chi connectivity index (χ3v) is 10.2. The van der Waals surface area contributed by atoms with Gasteiger partial charge in [-0.05, 0) is 63.4 Å². The summed E-state index contributed by atoms with van der Waals surface area (Å²) in [4.78, 5) is 10.2. The Morgan fingerprint density at radius 1 is 0.302 bits per heavy atom. The monoisotopic (exact) mass is 675 g/mol. The van der Waals surface area contributed by atoms with Gasteiger partial charge in [-0.3, -0.25) is 0 Å². The van der Waals surface area contributed by atoms with E-state index in [2.05, 4.69) is 180 Å². The molecule has 0 radical (unpaired) electrons. The second-order valence-corrected chi connectivity index (χ2v) is 13.4. The zero-order valence-corrected chi connectivity index (χ0v) is 28.9. The predicted octanol–water partition coefficient (Wildman–Crippen LogP) is 13.1. The number of aromatic nitrogens is 3. The van der Waals surface area contributed by atoms with Crippen LogP contribution in [0.1, 0.15) is 0 Å². The minimum atomic E-state index is 0.716. The standard InChI is InChI=1S/C50H33N3/c1-4-14-36(15-5-1)46-33-47(52-50(51-46)37-16-6-2-7-17-37)43-31-30-40(41-20-10-11-21-42(41)43)35-26-24-34(25-27-35)38-28-29-45-44-22-12-13-23-48(44)53(49(45)32-38)39-18-8-3-9-19-39/h1-33H. The number of fused-ring (bicyclic) bond motifs is 4. The summed E-state index contributed by atoms with van der Waals surface area (Å²) in [6, 6.07) is 71.0. The van der Waals surface area contributed by atoms with Crippen molar-refractivity contribution in [3.8, 4) is 61.8 Å². The van der Waals surface area contributed by atoms with Crippen molar-refractivity contribution in [3.05, 3.63) is 200 Å². The number of para-hydroxylation sites is 2. The molecule has 0 atom stereocenters. The van der Waals surface area contributed by atoms with Gasteiger partial charge < -0.3 is 4.57 Å². The average Bonchev–Trinajstić information content (AvgIpc) is 3.58. The highest BCUT2D eigenvalue weighted by Gasteiger charge is 2.16. The number of hydrogen-bond acceptors (Lipinski definition) is 2. The lowest BCUT2D eigenvalue weighted by Gasteiger charge is -2.14. The second kappa shape index (κ2) is 12.9. The van der Waals surface area contributed by atoms with E-state index in [0.29, 0.717) is 5.82 Å². The summed E-state index contributed by atoms with van der Waals surface area (Å²) in [6.45, 7) is 0. The highest BCUT2D eigenvalue weighted by molar-refractivity contribution is 6.10. The molecule has 0 aliphatic rings. The highest BCUT2D eigenvalue weighted by atomic mass is 15.0. The van der Waals surface area contributed by atoms with Crippen molar-refractivity contribution in [2.75, 3.05) is 0 Å². The van der Waals surface area contributed by atoms with E-state index in [9.17, 15) is 0 Å². The largest absolute Gasteiger partial charge is 0.309 e. The van der Waals surface area contributed by atoms with Gasteiger partial charge in [0, 0.05) is 33.2 Å². The van der Waals surface area contributed by atoms with Gasteiger partial charge in [0.2, 0.25) is 0 Å². The summed E-state index contributed by atoms with van der Waals surface area (Å²) >= 11 is 0. The molecule has 0 fully saturated rings. The Labute approximate surface area is 308 Å². The van der Waals surface area contributed by atoms with E-state index in [1.165, 1.54) is 49.4 Å². The molecule has 3 heteroatoms. The number of benzene rings is 8. The Morgan fingerprint density at radius 2 is 0.830 bits per heavy atom. The van der Waals surface area contributed by atoms with E-state index in [1.54, 1.807) is 0 Å². The van der Waals surface area contributed by atoms with Crippen LogP contribution >= 0.6 is 0 Å². The Balaban J connectivity index is 1.06. The van der Waals surface area contributed by atoms with Crippen LogP contribution in [-0.2, 0) is 0 Å². The number of rotatable bonds is 6. The van der Waals surface area contributed by atoms with Crippen LogP contribution in [-0.4, -0.2) is 14.5 Å². The SMILES string of the molecule is c1ccc(-c2cc(-c3ccc(-c4ccc(-c5ccc6c7ccccc7n(-c7ccccc7)c6c5)cc4)c4ccccc34)nc(-c3ccccc3)n2)cc1. The molecule has 0 spiro atoms. The van der Waals surface area contributed by atoms with Crippen molar-refractivity contribution in [1.82, 2.24) is 14.5 Å². The molecule has 0 amide bonds. The van der Waals surface area contributed by atoms with E-state index in [0.717, 1.165) is 39.2 Å². The Morgan fingerprint density at radius 3 is 1.57 bits per heavy atom. The first-order valence-electron chi connectivity index (χ1n) is 18.0. The van der Waals surface area contributed by atoms with Crippen molar-refractivity contribution < 1.29 is 0 Å². The van der Waals surface area contributed by atoms with Gasteiger partial charge in [0.15, 0.2) is 5.82 Å². The van der Waals surface area contributed by atoms with Crippen molar-refractivity contribution in [2.45, 2.75) is 0 Å². The summed E-state index contributed by atoms with van der Waals surface area (Å²) in [5.41, 5.74) is 13.3. The van der Waals surface area contributed by atoms with Crippen molar-refractivity contribution in [1.29, 1.82) is 0 Å². The molecule has 0 aliphatic heterocycles. The number of hydrogen-bond donors (Lipinski definition) is 0. The number of nitrogens with zero attached hydrogens (tertiary/aromatic N) is 3. The Bertz CT molecular complexity index is 2850. The van der Waals surface area contributed by atoms with E-state index >= 15 is 0 Å². The zero-order chi connectivity index (χ0) is 35.1. The first kappa shape index (κ1) is 30.7. The molecule has 248 valence electrons. The summed E-state index contributed by atoms with van der Waals surface area (Å²) < 4.78 is 2.37. The molecular weight excluding hydrogens is 643 g/mol. The van der Waals surface area contributed by atoms with Crippen molar-refractivity contribution in [2.24, 2.45) is 0 Å². The molecule has 0 N–H and O–H groups in total. The molecule has 10 rings (SSSR count). The maximum absolute atomic E-state index is 5.15. The Hall–Kier alpha value is -7.10. The maximum atomic E-state index is 5.15. The molecule has 2 heterocycles. The summed E-state index contributed by atoms with van der Waals surface area (Å²) in [5.74, 6) is 0.716. The molecule has 8 aromatic carbocycles. The average molecular weight is 676 g/mol. The molecule has 0 unspecified atom stereocenters. The summed E-state index contributed by atoms with van der Waals surface area (Å²) in [5, 5.41) is 4.86. The van der Waals surface area contributed by atoms with Crippen LogP contribution in [0.3, 0.4) is 0 Å². The van der Waals surface area contributed by atoms with Crippen LogP contribution in [0.4, 0.5) is 0 Å². The molecule has 2 aromatic heterocycles. The maximum Gasteiger partial charge on any atom is 0.160 e. The molecule has 53 heavy (non-hydrogen) atoms. The topological polar surface area (TPSA) is 30.7 Å². The second-order valence-electron chi connectivity index (χ2n) is 13.4. The van der Waals surface area contributed by atoms with Gasteiger partial charge in [0.1, 0.15) is 0 Å². The van der Waals surface area contributed by atoms with E-state index in [1.807, 2.05) is 24.3 Å². The minimum Gasteiger partial charge on any atom is -0.309 e. The van der Waals surface area contributed by atoms with Gasteiger partial charge in [0.05, 0.1) is 22.4 Å². The van der Waals surface area contributed by atoms with Gasteiger partial charge in [0.25, 0.3) is 0 Å². The first-order valence-corrected chi connectivity index (χ1v) is 18.0. The minimum absolute atomic E-state index is 0.716. The van der Waals surface area contributed by atoms with Gasteiger partial charge in [-0.25, -0.2) is 9.97 Å². The molecule has 0 saturated heterocycles. The lowest BCUT2D eigenvalue weighted by Crippen LogP contribution is -1.96. The third kappa shape index (κ3) is 5.47. The van der Waals surface area contributed by atoms with Crippen LogP contribution in [0.5, 0.6) is 0 Å². The molecule has 0 saturated carbocycles. The lowest BCUT2D eigenvalue weighted by molar-refractivity contribution is 1.18. The fourth-order valence-corrected chi connectivity index (χ4v) is 7.68. The van der Waals surface area contributed by atoms with Crippen LogP contribution < -0.4 is 0 Å². The molecule has 3 nitrogen and oxygen atoms in total. The van der Waals surface area contributed by atoms with Crippen molar-refractivity contribution >= 4 is 32.6 Å². The molecule has 0 aliphatic carbocycles. The van der Waals surface area contributed by atoms with Crippen LogP contribution in [0, 0.1) is 0 Å². The Kier molecular flexibility index (Phi) is 7.47. The van der Waals surface area contributed by atoms with Gasteiger partial charge in [-0.15, -0.1) is 0 Å². The first-order chi connectivity index (χ1) is 26.3. The third-order valence-electron chi connectivity index (χ3n) is 10.2. The fraction of sp³-hybridized carbons (Fsp3) is 0. The van der Waals surface area contributed by atoms with E-state index < -0.39 is 0 Å². The fourth-order valence-electron chi connectivity index (χ4n) is 7.68. The molecule has 0 bridgehead atoms. The predicted molar refractivity (Wildman–Crippen MR) is 221 cm³/mol. The molecular formula is C50H33N3. The smallest absolute Gasteiger partial charge is 0.160 e. The van der Waals surface area contributed by atoms with Crippen LogP contribution in [0.15, 0.2) is 200 Å². The zero-order valence-electron chi connectivity index (χ0n) is 28.9. The van der Waals surface area contributed by atoms with Crippen LogP contribution in [0.2, 0.25) is 0 Å².